The van der Waals surface area contributed by atoms with Crippen molar-refractivity contribution >= 4 is 17.2 Å². The van der Waals surface area contributed by atoms with E-state index in [1.54, 1.807) is 6.20 Å². The first kappa shape index (κ1) is 16.7. The summed E-state index contributed by atoms with van der Waals surface area (Å²) < 4.78 is 1.84. The Morgan fingerprint density at radius 2 is 2.16 bits per heavy atom. The van der Waals surface area contributed by atoms with Gasteiger partial charge < -0.3 is 10.6 Å². The SMILES string of the molecule is O=C(NCCc1nc2c(s1)CCCC2)C1(n2cccn2)CCNCC1. The third kappa shape index (κ3) is 3.35. The van der Waals surface area contributed by atoms with Crippen LogP contribution in [0, 0.1) is 0 Å². The minimum Gasteiger partial charge on any atom is -0.354 e. The number of nitrogens with zero attached hydrogens (tertiary/aromatic N) is 3. The van der Waals surface area contributed by atoms with E-state index >= 15 is 0 Å². The molecule has 3 heterocycles. The molecule has 6 nitrogen and oxygen atoms in total. The first-order valence-corrected chi connectivity index (χ1v) is 10.1. The summed E-state index contributed by atoms with van der Waals surface area (Å²) in [6.45, 7) is 2.32. The maximum absolute atomic E-state index is 13.0. The number of fused-ring (bicyclic) bond motifs is 1. The molecule has 7 heteroatoms. The van der Waals surface area contributed by atoms with Crippen molar-refractivity contribution in [1.29, 1.82) is 0 Å². The average molecular weight is 359 g/mol. The standard InChI is InChI=1S/C18H25N5OS/c24-17(18(7-11-19-12-8-18)23-13-3-9-21-23)20-10-6-16-22-14-4-1-2-5-15(14)25-16/h3,9,13,19H,1-2,4-8,10-12H2,(H,20,24). The van der Waals surface area contributed by atoms with Crippen molar-refractivity contribution in [3.8, 4) is 0 Å². The zero-order chi connectivity index (χ0) is 17.1. The zero-order valence-corrected chi connectivity index (χ0v) is 15.3. The first-order chi connectivity index (χ1) is 12.3. The highest BCUT2D eigenvalue weighted by atomic mass is 32.1. The Labute approximate surface area is 152 Å². The summed E-state index contributed by atoms with van der Waals surface area (Å²) in [7, 11) is 0. The van der Waals surface area contributed by atoms with Gasteiger partial charge in [-0.15, -0.1) is 11.3 Å². The van der Waals surface area contributed by atoms with Gasteiger partial charge in [0.1, 0.15) is 5.54 Å². The normalized spacial score (nSPS) is 19.4. The van der Waals surface area contributed by atoms with Crippen molar-refractivity contribution in [2.24, 2.45) is 0 Å². The largest absolute Gasteiger partial charge is 0.354 e. The summed E-state index contributed by atoms with van der Waals surface area (Å²) in [5.74, 6) is 0.0824. The summed E-state index contributed by atoms with van der Waals surface area (Å²) in [4.78, 5) is 19.2. The Bertz CT molecular complexity index is 694. The molecule has 25 heavy (non-hydrogen) atoms. The van der Waals surface area contributed by atoms with Gasteiger partial charge in [-0.25, -0.2) is 4.98 Å². The third-order valence-corrected chi connectivity index (χ3v) is 6.53. The molecule has 0 atom stereocenters. The van der Waals surface area contributed by atoms with Crippen LogP contribution < -0.4 is 10.6 Å². The molecule has 1 fully saturated rings. The Morgan fingerprint density at radius 3 is 2.92 bits per heavy atom. The Kier molecular flexibility index (Phi) is 4.85. The van der Waals surface area contributed by atoms with E-state index in [1.807, 2.05) is 28.3 Å². The molecular formula is C18H25N5OS. The second kappa shape index (κ2) is 7.25. The molecule has 4 rings (SSSR count). The number of aromatic nitrogens is 3. The number of amides is 1. The smallest absolute Gasteiger partial charge is 0.248 e. The van der Waals surface area contributed by atoms with Gasteiger partial charge in [-0.2, -0.15) is 5.10 Å². The van der Waals surface area contributed by atoms with Crippen LogP contribution in [-0.2, 0) is 29.6 Å². The lowest BCUT2D eigenvalue weighted by molar-refractivity contribution is -0.131. The first-order valence-electron chi connectivity index (χ1n) is 9.24. The molecule has 1 saturated heterocycles. The molecule has 1 aliphatic carbocycles. The molecule has 0 unspecified atom stereocenters. The lowest BCUT2D eigenvalue weighted by Crippen LogP contribution is -2.54. The van der Waals surface area contributed by atoms with Crippen LogP contribution in [0.2, 0.25) is 0 Å². The summed E-state index contributed by atoms with van der Waals surface area (Å²) in [6, 6.07) is 1.89. The molecule has 2 N–H and O–H groups in total. The number of carbonyl (C=O) groups is 1. The number of thiazole rings is 1. The highest BCUT2D eigenvalue weighted by molar-refractivity contribution is 7.11. The van der Waals surface area contributed by atoms with E-state index in [0.29, 0.717) is 6.54 Å². The van der Waals surface area contributed by atoms with Crippen molar-refractivity contribution in [1.82, 2.24) is 25.4 Å². The predicted octanol–water partition coefficient (Wildman–Crippen LogP) is 1.66. The molecule has 0 radical (unpaired) electrons. The Balaban J connectivity index is 1.39. The van der Waals surface area contributed by atoms with E-state index in [1.165, 1.54) is 29.8 Å². The van der Waals surface area contributed by atoms with E-state index in [-0.39, 0.29) is 5.91 Å². The molecule has 134 valence electrons. The van der Waals surface area contributed by atoms with E-state index in [4.69, 9.17) is 4.98 Å². The highest BCUT2D eigenvalue weighted by Gasteiger charge is 2.41. The van der Waals surface area contributed by atoms with Crippen LogP contribution in [0.4, 0.5) is 0 Å². The van der Waals surface area contributed by atoms with Crippen LogP contribution in [0.1, 0.15) is 41.3 Å². The fraction of sp³-hybridized carbons (Fsp3) is 0.611. The fourth-order valence-electron chi connectivity index (χ4n) is 3.88. The number of nitrogens with one attached hydrogen (secondary N) is 2. The van der Waals surface area contributed by atoms with Crippen molar-refractivity contribution in [3.05, 3.63) is 34.0 Å². The molecule has 1 aliphatic heterocycles. The van der Waals surface area contributed by atoms with E-state index < -0.39 is 5.54 Å². The van der Waals surface area contributed by atoms with Gasteiger partial charge in [0, 0.05) is 30.2 Å². The van der Waals surface area contributed by atoms with Crippen LogP contribution in [0.15, 0.2) is 18.5 Å². The van der Waals surface area contributed by atoms with Crippen LogP contribution in [0.25, 0.3) is 0 Å². The average Bonchev–Trinajstić information content (AvgIpc) is 3.32. The van der Waals surface area contributed by atoms with Crippen LogP contribution >= 0.6 is 11.3 Å². The zero-order valence-electron chi connectivity index (χ0n) is 14.5. The number of hydrogen-bond acceptors (Lipinski definition) is 5. The number of piperidine rings is 1. The van der Waals surface area contributed by atoms with Gasteiger partial charge in [-0.05, 0) is 57.7 Å². The topological polar surface area (TPSA) is 71.8 Å². The molecule has 1 amide bonds. The minimum absolute atomic E-state index is 0.0824. The summed E-state index contributed by atoms with van der Waals surface area (Å²) in [5, 5.41) is 12.0. The number of aryl methyl sites for hydroxylation is 2. The fourth-order valence-corrected chi connectivity index (χ4v) is 5.04. The lowest BCUT2D eigenvalue weighted by Gasteiger charge is -2.36. The lowest BCUT2D eigenvalue weighted by atomic mass is 9.87. The predicted molar refractivity (Wildman–Crippen MR) is 97.8 cm³/mol. The Hall–Kier alpha value is -1.73. The van der Waals surface area contributed by atoms with Crippen molar-refractivity contribution < 1.29 is 4.79 Å². The quantitative estimate of drug-likeness (QED) is 0.852. The molecule has 2 aromatic rings. The molecule has 2 aliphatic rings. The second-order valence-corrected chi connectivity index (χ2v) is 8.09. The van der Waals surface area contributed by atoms with Crippen LogP contribution in [0.3, 0.4) is 0 Å². The molecule has 0 bridgehead atoms. The number of carbonyl (C=O) groups excluding carboxylic acids is 1. The van der Waals surface area contributed by atoms with Crippen molar-refractivity contribution in [3.63, 3.8) is 0 Å². The summed E-state index contributed by atoms with van der Waals surface area (Å²) >= 11 is 1.83. The number of hydrogen-bond donors (Lipinski definition) is 2. The van der Waals surface area contributed by atoms with E-state index in [9.17, 15) is 4.79 Å². The van der Waals surface area contributed by atoms with E-state index in [0.717, 1.165) is 43.8 Å². The summed E-state index contributed by atoms with van der Waals surface area (Å²) in [5.41, 5.74) is 0.737. The molecular weight excluding hydrogens is 334 g/mol. The highest BCUT2D eigenvalue weighted by Crippen LogP contribution is 2.28. The molecule has 2 aromatic heterocycles. The minimum atomic E-state index is -0.559. The Morgan fingerprint density at radius 1 is 1.32 bits per heavy atom. The monoisotopic (exact) mass is 359 g/mol. The number of rotatable bonds is 5. The maximum Gasteiger partial charge on any atom is 0.248 e. The van der Waals surface area contributed by atoms with Gasteiger partial charge in [-0.3, -0.25) is 9.48 Å². The van der Waals surface area contributed by atoms with Gasteiger partial charge in [-0.1, -0.05) is 0 Å². The third-order valence-electron chi connectivity index (χ3n) is 5.31. The second-order valence-electron chi connectivity index (χ2n) is 6.92. The van der Waals surface area contributed by atoms with Gasteiger partial charge in [0.25, 0.3) is 0 Å². The molecule has 0 spiro atoms. The van der Waals surface area contributed by atoms with E-state index in [2.05, 4.69) is 15.7 Å². The summed E-state index contributed by atoms with van der Waals surface area (Å²) in [6.07, 6.45) is 10.8. The molecule has 0 aromatic carbocycles. The van der Waals surface area contributed by atoms with Crippen molar-refractivity contribution in [2.75, 3.05) is 19.6 Å². The van der Waals surface area contributed by atoms with Gasteiger partial charge in [0.2, 0.25) is 5.91 Å². The van der Waals surface area contributed by atoms with Crippen LogP contribution in [0.5, 0.6) is 0 Å². The van der Waals surface area contributed by atoms with Crippen LogP contribution in [-0.4, -0.2) is 40.3 Å². The van der Waals surface area contributed by atoms with Gasteiger partial charge in [0.15, 0.2) is 0 Å². The van der Waals surface area contributed by atoms with Crippen molar-refractivity contribution in [2.45, 2.75) is 50.5 Å². The molecule has 0 saturated carbocycles. The van der Waals surface area contributed by atoms with Gasteiger partial charge in [0.05, 0.1) is 10.7 Å². The van der Waals surface area contributed by atoms with Gasteiger partial charge >= 0.3 is 0 Å². The maximum atomic E-state index is 13.0.